The molecule has 0 aromatic heterocycles. The van der Waals surface area contributed by atoms with Gasteiger partial charge >= 0.3 is 0 Å². The normalized spacial score (nSPS) is 18.8. The molecule has 1 heterocycles. The summed E-state index contributed by atoms with van der Waals surface area (Å²) >= 11 is 1.36. The van der Waals surface area contributed by atoms with E-state index in [1.54, 1.807) is 0 Å². The minimum atomic E-state index is -1.63. The smallest absolute Gasteiger partial charge is 0.188 e. The summed E-state index contributed by atoms with van der Waals surface area (Å²) < 4.78 is 5.81. The summed E-state index contributed by atoms with van der Waals surface area (Å²) in [7, 11) is 0. The number of fused-ring (bicyclic) bond motifs is 3. The van der Waals surface area contributed by atoms with Crippen molar-refractivity contribution in [3.05, 3.63) is 75.3 Å². The molecule has 34 heavy (non-hydrogen) atoms. The minimum Gasteiger partial charge on any atom is -0.507 e. The Morgan fingerprint density at radius 3 is 2.32 bits per heavy atom. The highest BCUT2D eigenvalue weighted by atomic mass is 32.2. The predicted octanol–water partition coefficient (Wildman–Crippen LogP) is 4.35. The number of phenolic OH excluding ortho intramolecular Hbond substituents is 2. The second-order valence-electron chi connectivity index (χ2n) is 8.68. The lowest BCUT2D eigenvalue weighted by atomic mass is 9.71. The summed E-state index contributed by atoms with van der Waals surface area (Å²) in [4.78, 5) is 38.5. The van der Waals surface area contributed by atoms with E-state index in [4.69, 9.17) is 4.74 Å². The summed E-state index contributed by atoms with van der Waals surface area (Å²) in [6, 6.07) is 7.93. The van der Waals surface area contributed by atoms with E-state index in [0.717, 1.165) is 24.1 Å². The number of phenols is 2. The fraction of sp³-hybridized carbons (Fsp3) is 0.269. The molecule has 3 N–H and O–H groups in total. The molecule has 1 atom stereocenters. The lowest BCUT2D eigenvalue weighted by molar-refractivity contribution is -0.123. The molecular weight excluding hydrogens is 456 g/mol. The van der Waals surface area contributed by atoms with E-state index in [1.165, 1.54) is 25.6 Å². The van der Waals surface area contributed by atoms with E-state index in [2.05, 4.69) is 0 Å². The number of carbonyl (C=O) groups is 3. The van der Waals surface area contributed by atoms with Gasteiger partial charge in [0.25, 0.3) is 0 Å². The topological polar surface area (TPSA) is 121 Å². The van der Waals surface area contributed by atoms with Crippen LogP contribution in [0.2, 0.25) is 0 Å². The van der Waals surface area contributed by atoms with Crippen molar-refractivity contribution >= 4 is 29.1 Å². The molecule has 0 spiro atoms. The highest BCUT2D eigenvalue weighted by molar-refractivity contribution is 7.99. The molecule has 2 aromatic carbocycles. The first kappa shape index (κ1) is 23.6. The Morgan fingerprint density at radius 2 is 1.71 bits per heavy atom. The number of hydrogen-bond donors (Lipinski definition) is 3. The summed E-state index contributed by atoms with van der Waals surface area (Å²) in [5.41, 5.74) is 0.0156. The fourth-order valence-electron chi connectivity index (χ4n) is 4.31. The average molecular weight is 481 g/mol. The summed E-state index contributed by atoms with van der Waals surface area (Å²) in [5.74, 6) is -2.77. The molecule has 7 nitrogen and oxygen atoms in total. The molecule has 2 aromatic rings. The number of aromatic hydroxyl groups is 2. The van der Waals surface area contributed by atoms with Crippen LogP contribution in [0, 0.1) is 13.8 Å². The number of allylic oxidation sites excluding steroid dienone is 3. The number of aliphatic hydroxyl groups excluding tert-OH is 1. The van der Waals surface area contributed by atoms with Crippen LogP contribution in [0.4, 0.5) is 0 Å². The number of aliphatic hydroxyl groups is 1. The van der Waals surface area contributed by atoms with Gasteiger partial charge in [-0.2, -0.15) is 0 Å². The number of benzene rings is 2. The number of ketones is 3. The van der Waals surface area contributed by atoms with Gasteiger partial charge in [-0.3, -0.25) is 14.4 Å². The van der Waals surface area contributed by atoms with Crippen molar-refractivity contribution in [1.82, 2.24) is 0 Å². The number of Topliss-reactive ketones (excluding diaryl/α,β-unsaturated/α-hetero) is 3. The first-order valence-electron chi connectivity index (χ1n) is 10.6. The van der Waals surface area contributed by atoms with E-state index in [9.17, 15) is 29.7 Å². The first-order chi connectivity index (χ1) is 16.0. The van der Waals surface area contributed by atoms with Gasteiger partial charge in [-0.15, -0.1) is 11.8 Å². The lowest BCUT2D eigenvalue weighted by Gasteiger charge is -2.28. The van der Waals surface area contributed by atoms with Gasteiger partial charge in [0.2, 0.25) is 0 Å². The molecule has 0 unspecified atom stereocenters. The monoisotopic (exact) mass is 480 g/mol. The van der Waals surface area contributed by atoms with Crippen molar-refractivity contribution in [2.75, 3.05) is 5.75 Å². The minimum absolute atomic E-state index is 0.00261. The molecule has 0 saturated carbocycles. The van der Waals surface area contributed by atoms with Crippen LogP contribution < -0.4 is 4.74 Å². The molecule has 1 aliphatic heterocycles. The van der Waals surface area contributed by atoms with Crippen molar-refractivity contribution < 1.29 is 34.4 Å². The van der Waals surface area contributed by atoms with Crippen LogP contribution in [0.1, 0.15) is 46.5 Å². The third-order valence-electron chi connectivity index (χ3n) is 6.30. The lowest BCUT2D eigenvalue weighted by Crippen LogP contribution is -2.38. The van der Waals surface area contributed by atoms with E-state index >= 15 is 0 Å². The zero-order valence-corrected chi connectivity index (χ0v) is 20.0. The van der Waals surface area contributed by atoms with Crippen LogP contribution in [0.15, 0.2) is 47.4 Å². The van der Waals surface area contributed by atoms with Crippen LogP contribution in [-0.4, -0.2) is 38.4 Å². The molecule has 8 heteroatoms. The van der Waals surface area contributed by atoms with Crippen LogP contribution in [-0.2, 0) is 20.8 Å². The van der Waals surface area contributed by atoms with Crippen LogP contribution in [0.3, 0.4) is 0 Å². The average Bonchev–Trinajstić information content (AvgIpc) is 3.06. The molecule has 4 rings (SSSR count). The number of aryl methyl sites for hydroxylation is 1. The van der Waals surface area contributed by atoms with Gasteiger partial charge in [0.05, 0.1) is 11.3 Å². The van der Waals surface area contributed by atoms with Crippen LogP contribution in [0.25, 0.3) is 0 Å². The number of rotatable bonds is 6. The molecule has 0 bridgehead atoms. The summed E-state index contributed by atoms with van der Waals surface area (Å²) in [6.07, 6.45) is 1.14. The molecule has 176 valence electrons. The Hall–Kier alpha value is -3.52. The van der Waals surface area contributed by atoms with Gasteiger partial charge < -0.3 is 20.1 Å². The van der Waals surface area contributed by atoms with E-state index in [0.29, 0.717) is 5.75 Å². The van der Waals surface area contributed by atoms with Gasteiger partial charge in [0.1, 0.15) is 45.3 Å². The van der Waals surface area contributed by atoms with Crippen molar-refractivity contribution in [3.63, 3.8) is 0 Å². The van der Waals surface area contributed by atoms with Crippen LogP contribution in [0.5, 0.6) is 17.2 Å². The van der Waals surface area contributed by atoms with Gasteiger partial charge in [-0.1, -0.05) is 29.8 Å². The molecule has 0 fully saturated rings. The second kappa shape index (κ2) is 8.36. The fourth-order valence-corrected chi connectivity index (χ4v) is 5.17. The molecule has 0 radical (unpaired) electrons. The van der Waals surface area contributed by atoms with Gasteiger partial charge in [0.15, 0.2) is 17.3 Å². The maximum Gasteiger partial charge on any atom is 0.188 e. The molecule has 0 amide bonds. The van der Waals surface area contributed by atoms with E-state index in [1.807, 2.05) is 31.2 Å². The summed E-state index contributed by atoms with van der Waals surface area (Å²) in [5, 5.41) is 31.9. The van der Waals surface area contributed by atoms with Crippen molar-refractivity contribution in [1.29, 1.82) is 0 Å². The number of hydrogen-bond acceptors (Lipinski definition) is 8. The van der Waals surface area contributed by atoms with Gasteiger partial charge in [-0.05, 0) is 33.3 Å². The van der Waals surface area contributed by atoms with Crippen molar-refractivity contribution in [3.8, 4) is 17.2 Å². The Kier molecular flexibility index (Phi) is 5.81. The van der Waals surface area contributed by atoms with Gasteiger partial charge in [0, 0.05) is 17.4 Å². The number of ether oxygens (including phenoxy) is 1. The maximum atomic E-state index is 13.3. The second-order valence-corrected chi connectivity index (χ2v) is 9.67. The third-order valence-corrected chi connectivity index (χ3v) is 7.31. The van der Waals surface area contributed by atoms with Gasteiger partial charge in [-0.25, -0.2) is 0 Å². The SMILES string of the molecule is CC(=O)C1=C(O)C=C2Oc3c(C(=O)CSCc4ccc(C)cc4)c(O)c(C)c(O)c3[C@@]2(C)C1=O. The van der Waals surface area contributed by atoms with Crippen molar-refractivity contribution in [2.45, 2.75) is 38.9 Å². The zero-order valence-electron chi connectivity index (χ0n) is 19.2. The highest BCUT2D eigenvalue weighted by Crippen LogP contribution is 2.57. The first-order valence-corrected chi connectivity index (χ1v) is 11.8. The zero-order chi connectivity index (χ0) is 24.9. The number of carbonyl (C=O) groups excluding carboxylic acids is 3. The largest absolute Gasteiger partial charge is 0.507 e. The number of thioether (sulfide) groups is 1. The standard InChI is InChI=1S/C26H24O7S/c1-12-5-7-15(8-6-12)10-34-11-17(29)20-22(30)13(2)23(31)21-24(20)33-18-9-16(28)19(14(3)27)25(32)26(18,21)4/h5-9,28,30-31H,10-11H2,1-4H3/t26-/m0/s1. The van der Waals surface area contributed by atoms with E-state index in [-0.39, 0.29) is 34.0 Å². The Balaban J connectivity index is 1.73. The molecular formula is C26H24O7S. The molecule has 0 saturated heterocycles. The quantitative estimate of drug-likeness (QED) is 0.412. The highest BCUT2D eigenvalue weighted by Gasteiger charge is 2.55. The third kappa shape index (κ3) is 3.49. The van der Waals surface area contributed by atoms with Crippen LogP contribution >= 0.6 is 11.8 Å². The Labute approximate surface area is 200 Å². The molecule has 2 aliphatic rings. The Morgan fingerprint density at radius 1 is 1.06 bits per heavy atom. The molecule has 1 aliphatic carbocycles. The van der Waals surface area contributed by atoms with Crippen molar-refractivity contribution in [2.24, 2.45) is 0 Å². The Bertz CT molecular complexity index is 1320. The maximum absolute atomic E-state index is 13.3. The predicted molar refractivity (Wildman–Crippen MR) is 128 cm³/mol. The van der Waals surface area contributed by atoms with E-state index < -0.39 is 45.6 Å². The summed E-state index contributed by atoms with van der Waals surface area (Å²) in [6.45, 7) is 6.03.